The molecule has 0 saturated heterocycles. The second-order valence-corrected chi connectivity index (χ2v) is 11.1. The lowest BCUT2D eigenvalue weighted by atomic mass is 10.0. The van der Waals surface area contributed by atoms with Gasteiger partial charge in [-0.05, 0) is 57.2 Å². The van der Waals surface area contributed by atoms with Gasteiger partial charge in [0.05, 0.1) is 5.56 Å². The first-order valence-electron chi connectivity index (χ1n) is 11.3. The smallest absolute Gasteiger partial charge is 0.323 e. The van der Waals surface area contributed by atoms with Crippen molar-refractivity contribution < 1.29 is 19.1 Å². The average molecular weight is 473 g/mol. The molecule has 0 aliphatic carbocycles. The molecule has 0 aliphatic heterocycles. The predicted octanol–water partition coefficient (Wildman–Crippen LogP) is 4.42. The van der Waals surface area contributed by atoms with Gasteiger partial charge in [0.25, 0.3) is 0 Å². The molecule has 33 heavy (non-hydrogen) atoms. The van der Waals surface area contributed by atoms with Gasteiger partial charge in [0.1, 0.15) is 17.4 Å². The third kappa shape index (κ3) is 9.10. The largest absolute Gasteiger partial charge is 0.459 e. The van der Waals surface area contributed by atoms with Crippen molar-refractivity contribution in [3.05, 3.63) is 56.8 Å². The highest BCUT2D eigenvalue weighted by Crippen LogP contribution is 2.26. The second kappa shape index (κ2) is 11.6. The number of carbonyl (C=O) groups excluding carboxylic acids is 3. The summed E-state index contributed by atoms with van der Waals surface area (Å²) in [5, 5.41) is 3.34. The zero-order chi connectivity index (χ0) is 24.8. The highest BCUT2D eigenvalue weighted by Gasteiger charge is 2.25. The van der Waals surface area contributed by atoms with Gasteiger partial charge in [0.15, 0.2) is 0 Å². The molecule has 1 amide bonds. The minimum Gasteiger partial charge on any atom is -0.459 e. The number of ether oxygens (including phenoxy) is 1. The number of benzene rings is 1. The highest BCUT2D eigenvalue weighted by molar-refractivity contribution is 7.12. The first-order valence-corrected chi connectivity index (χ1v) is 12.1. The first-order chi connectivity index (χ1) is 15.3. The van der Waals surface area contributed by atoms with E-state index in [2.05, 4.69) is 19.2 Å². The maximum absolute atomic E-state index is 12.6. The summed E-state index contributed by atoms with van der Waals surface area (Å²) in [6.07, 6.45) is 1.59. The summed E-state index contributed by atoms with van der Waals surface area (Å²) >= 11 is 1.46. The van der Waals surface area contributed by atoms with Crippen LogP contribution in [0.1, 0.15) is 79.2 Å². The molecule has 2 rings (SSSR count). The van der Waals surface area contributed by atoms with E-state index in [0.717, 1.165) is 20.9 Å². The number of nitrogens with two attached hydrogens (primary N) is 1. The van der Waals surface area contributed by atoms with Crippen LogP contribution in [0.15, 0.2) is 30.3 Å². The molecule has 2 aromatic rings. The van der Waals surface area contributed by atoms with Gasteiger partial charge < -0.3 is 15.8 Å². The summed E-state index contributed by atoms with van der Waals surface area (Å²) in [6, 6.07) is 9.57. The summed E-state index contributed by atoms with van der Waals surface area (Å²) in [5.41, 5.74) is 7.55. The Morgan fingerprint density at radius 3 is 2.21 bits per heavy atom. The Morgan fingerprint density at radius 1 is 1.09 bits per heavy atom. The molecule has 0 aliphatic rings. The van der Waals surface area contributed by atoms with E-state index in [9.17, 15) is 14.4 Å². The summed E-state index contributed by atoms with van der Waals surface area (Å²) in [4.78, 5) is 37.5. The molecular weight excluding hydrogens is 436 g/mol. The van der Waals surface area contributed by atoms with Crippen LogP contribution in [-0.4, -0.2) is 29.3 Å². The first kappa shape index (κ1) is 26.7. The second-order valence-electron chi connectivity index (χ2n) is 9.88. The summed E-state index contributed by atoms with van der Waals surface area (Å²) in [5.74, 6) is -0.362. The standard InChI is InChI=1S/C26H36N2O4S/c1-16(2)11-22(25(31)32-26(4,5)6)28-15-19-9-7-18(8-10-19)13-20-14-21(24(27)30)23(33-20)12-17(3)29/h7-10,14,16,22,28H,11-13,15H2,1-6H3,(H2,27,30)/t22-/m0/s1. The number of thiophene rings is 1. The molecule has 7 heteroatoms. The molecule has 1 heterocycles. The van der Waals surface area contributed by atoms with Crippen LogP contribution in [0.2, 0.25) is 0 Å². The lowest BCUT2D eigenvalue weighted by Gasteiger charge is -2.25. The third-order valence-corrected chi connectivity index (χ3v) is 6.02. The lowest BCUT2D eigenvalue weighted by Crippen LogP contribution is -2.41. The molecule has 0 unspecified atom stereocenters. The molecule has 0 saturated carbocycles. The summed E-state index contributed by atoms with van der Waals surface area (Å²) in [7, 11) is 0. The SMILES string of the molecule is CC(=O)Cc1sc(Cc2ccc(CN[C@@H](CC(C)C)C(=O)OC(C)(C)C)cc2)cc1C(N)=O. The normalized spacial score (nSPS) is 12.6. The fraction of sp³-hybridized carbons (Fsp3) is 0.500. The van der Waals surface area contributed by atoms with Gasteiger partial charge in [0.2, 0.25) is 5.91 Å². The van der Waals surface area contributed by atoms with Crippen molar-refractivity contribution in [3.63, 3.8) is 0 Å². The highest BCUT2D eigenvalue weighted by atomic mass is 32.1. The molecule has 0 fully saturated rings. The van der Waals surface area contributed by atoms with E-state index in [4.69, 9.17) is 10.5 Å². The number of nitrogens with one attached hydrogen (secondary N) is 1. The number of esters is 1. The van der Waals surface area contributed by atoms with Crippen molar-refractivity contribution in [2.24, 2.45) is 11.7 Å². The Labute approximate surface area is 200 Å². The Balaban J connectivity index is 2.04. The van der Waals surface area contributed by atoms with Crippen molar-refractivity contribution in [1.29, 1.82) is 0 Å². The molecule has 1 atom stereocenters. The van der Waals surface area contributed by atoms with E-state index in [-0.39, 0.29) is 24.2 Å². The number of Topliss-reactive ketones (excluding diaryl/α,β-unsaturated/α-hetero) is 1. The monoisotopic (exact) mass is 472 g/mol. The number of rotatable bonds is 11. The Hall–Kier alpha value is -2.51. The van der Waals surface area contributed by atoms with Crippen molar-refractivity contribution in [2.45, 2.75) is 79.0 Å². The number of carbonyl (C=O) groups is 3. The van der Waals surface area contributed by atoms with E-state index in [1.165, 1.54) is 18.3 Å². The molecular formula is C26H36N2O4S. The Kier molecular flexibility index (Phi) is 9.37. The van der Waals surface area contributed by atoms with Gasteiger partial charge in [-0.3, -0.25) is 14.4 Å². The molecule has 3 N–H and O–H groups in total. The van der Waals surface area contributed by atoms with Crippen LogP contribution in [-0.2, 0) is 33.7 Å². The van der Waals surface area contributed by atoms with Crippen LogP contribution < -0.4 is 11.1 Å². The van der Waals surface area contributed by atoms with E-state index in [0.29, 0.717) is 30.9 Å². The van der Waals surface area contributed by atoms with E-state index < -0.39 is 11.5 Å². The van der Waals surface area contributed by atoms with Gasteiger partial charge in [-0.2, -0.15) is 0 Å². The van der Waals surface area contributed by atoms with E-state index in [1.807, 2.05) is 45.0 Å². The maximum Gasteiger partial charge on any atom is 0.323 e. The number of hydrogen-bond donors (Lipinski definition) is 2. The lowest BCUT2D eigenvalue weighted by molar-refractivity contribution is -0.158. The topological polar surface area (TPSA) is 98.5 Å². The summed E-state index contributed by atoms with van der Waals surface area (Å²) < 4.78 is 5.57. The molecule has 1 aromatic heterocycles. The van der Waals surface area contributed by atoms with E-state index in [1.54, 1.807) is 6.07 Å². The third-order valence-electron chi connectivity index (χ3n) is 4.89. The van der Waals surface area contributed by atoms with Crippen LogP contribution in [0.3, 0.4) is 0 Å². The molecule has 6 nitrogen and oxygen atoms in total. The molecule has 180 valence electrons. The minimum atomic E-state index is -0.518. The Morgan fingerprint density at radius 2 is 1.70 bits per heavy atom. The van der Waals surface area contributed by atoms with Crippen molar-refractivity contribution in [1.82, 2.24) is 5.32 Å². The molecule has 1 aromatic carbocycles. The zero-order valence-electron chi connectivity index (χ0n) is 20.5. The van der Waals surface area contributed by atoms with Crippen molar-refractivity contribution >= 4 is 29.0 Å². The fourth-order valence-electron chi connectivity index (χ4n) is 3.46. The molecule has 0 bridgehead atoms. The van der Waals surface area contributed by atoms with Gasteiger partial charge in [-0.25, -0.2) is 0 Å². The van der Waals surface area contributed by atoms with Crippen LogP contribution in [0.5, 0.6) is 0 Å². The maximum atomic E-state index is 12.6. The van der Waals surface area contributed by atoms with Crippen LogP contribution in [0, 0.1) is 5.92 Å². The van der Waals surface area contributed by atoms with Gasteiger partial charge in [-0.15, -0.1) is 11.3 Å². The molecule has 0 spiro atoms. The summed E-state index contributed by atoms with van der Waals surface area (Å²) in [6.45, 7) is 11.9. The molecule has 0 radical (unpaired) electrons. The average Bonchev–Trinajstić information content (AvgIpc) is 3.06. The van der Waals surface area contributed by atoms with Crippen molar-refractivity contribution in [2.75, 3.05) is 0 Å². The number of hydrogen-bond acceptors (Lipinski definition) is 6. The number of ketones is 1. The zero-order valence-corrected chi connectivity index (χ0v) is 21.3. The fourth-order valence-corrected chi connectivity index (χ4v) is 4.74. The Bertz CT molecular complexity index is 971. The quantitative estimate of drug-likeness (QED) is 0.472. The van der Waals surface area contributed by atoms with Gasteiger partial charge >= 0.3 is 5.97 Å². The van der Waals surface area contributed by atoms with Crippen LogP contribution in [0.4, 0.5) is 0 Å². The predicted molar refractivity (Wildman–Crippen MR) is 132 cm³/mol. The number of primary amides is 1. The van der Waals surface area contributed by atoms with Crippen molar-refractivity contribution in [3.8, 4) is 0 Å². The van der Waals surface area contributed by atoms with E-state index >= 15 is 0 Å². The minimum absolute atomic E-state index is 0.00454. The van der Waals surface area contributed by atoms with Crippen LogP contribution >= 0.6 is 11.3 Å². The van der Waals surface area contributed by atoms with Gasteiger partial charge in [-0.1, -0.05) is 38.1 Å². The van der Waals surface area contributed by atoms with Gasteiger partial charge in [0, 0.05) is 29.1 Å². The number of amides is 1. The van der Waals surface area contributed by atoms with Crippen LogP contribution in [0.25, 0.3) is 0 Å².